The molecule has 26 heavy (non-hydrogen) atoms. The molecule has 0 spiro atoms. The number of carbonyl (C=O) groups is 2. The normalized spacial score (nSPS) is 10.3. The first kappa shape index (κ1) is 19.7. The van der Waals surface area contributed by atoms with Crippen LogP contribution in [0.5, 0.6) is 11.5 Å². The predicted molar refractivity (Wildman–Crippen MR) is 102 cm³/mol. The number of hydrogen-bond acceptors (Lipinski definition) is 4. The molecular formula is C22H26O4. The third-order valence-corrected chi connectivity index (χ3v) is 4.08. The van der Waals surface area contributed by atoms with Crippen molar-refractivity contribution < 1.29 is 19.1 Å². The molecule has 0 aliphatic rings. The van der Waals surface area contributed by atoms with Gasteiger partial charge in [-0.3, -0.25) is 4.79 Å². The van der Waals surface area contributed by atoms with Crippen LogP contribution in [-0.2, 0) is 0 Å². The van der Waals surface area contributed by atoms with E-state index in [2.05, 4.69) is 6.92 Å². The smallest absolute Gasteiger partial charge is 0.343 e. The van der Waals surface area contributed by atoms with Crippen molar-refractivity contribution in [1.82, 2.24) is 0 Å². The quantitative estimate of drug-likeness (QED) is 0.233. The molecule has 0 aliphatic carbocycles. The first-order valence-electron chi connectivity index (χ1n) is 9.23. The molecule has 0 radical (unpaired) electrons. The Morgan fingerprint density at radius 1 is 0.846 bits per heavy atom. The van der Waals surface area contributed by atoms with Gasteiger partial charge in [-0.1, -0.05) is 39.0 Å². The number of ether oxygens (including phenoxy) is 2. The molecule has 138 valence electrons. The Balaban J connectivity index is 1.75. The van der Waals surface area contributed by atoms with Gasteiger partial charge < -0.3 is 9.47 Å². The second-order valence-corrected chi connectivity index (χ2v) is 6.22. The van der Waals surface area contributed by atoms with Crippen molar-refractivity contribution in [3.8, 4) is 11.5 Å². The van der Waals surface area contributed by atoms with E-state index in [-0.39, 0.29) is 0 Å². The maximum Gasteiger partial charge on any atom is 0.343 e. The van der Waals surface area contributed by atoms with Crippen molar-refractivity contribution in [2.45, 2.75) is 45.4 Å². The van der Waals surface area contributed by atoms with Gasteiger partial charge in [0.15, 0.2) is 0 Å². The molecule has 4 heteroatoms. The molecule has 0 saturated heterocycles. The summed E-state index contributed by atoms with van der Waals surface area (Å²) in [6.07, 6.45) is 8.10. The molecule has 0 unspecified atom stereocenters. The highest BCUT2D eigenvalue weighted by atomic mass is 16.5. The minimum Gasteiger partial charge on any atom is -0.494 e. The zero-order chi connectivity index (χ0) is 18.6. The second kappa shape index (κ2) is 11.1. The average Bonchev–Trinajstić information content (AvgIpc) is 2.68. The number of esters is 1. The number of hydrogen-bond donors (Lipinski definition) is 0. The van der Waals surface area contributed by atoms with Gasteiger partial charge in [0.05, 0.1) is 12.2 Å². The topological polar surface area (TPSA) is 52.6 Å². The summed E-state index contributed by atoms with van der Waals surface area (Å²) < 4.78 is 11.0. The molecule has 2 aromatic rings. The van der Waals surface area contributed by atoms with Gasteiger partial charge in [-0.25, -0.2) is 4.79 Å². The maximum atomic E-state index is 12.1. The minimum absolute atomic E-state index is 0.406. The molecule has 0 N–H and O–H groups in total. The van der Waals surface area contributed by atoms with E-state index in [1.165, 1.54) is 32.1 Å². The van der Waals surface area contributed by atoms with E-state index in [9.17, 15) is 9.59 Å². The third-order valence-electron chi connectivity index (χ3n) is 4.08. The largest absolute Gasteiger partial charge is 0.494 e. The molecule has 2 rings (SSSR count). The molecule has 0 aliphatic heterocycles. The Bertz CT molecular complexity index is 674. The van der Waals surface area contributed by atoms with Crippen molar-refractivity contribution in [3.05, 3.63) is 59.7 Å². The van der Waals surface area contributed by atoms with Crippen LogP contribution in [0.4, 0.5) is 0 Å². The molecule has 0 atom stereocenters. The lowest BCUT2D eigenvalue weighted by Crippen LogP contribution is -2.08. The molecule has 0 bridgehead atoms. The highest BCUT2D eigenvalue weighted by Gasteiger charge is 2.09. The third kappa shape index (κ3) is 6.71. The highest BCUT2D eigenvalue weighted by molar-refractivity contribution is 5.91. The van der Waals surface area contributed by atoms with Gasteiger partial charge in [0, 0.05) is 5.56 Å². The number of unbranched alkanes of at least 4 members (excludes halogenated alkanes) is 5. The van der Waals surface area contributed by atoms with Gasteiger partial charge in [0.25, 0.3) is 0 Å². The van der Waals surface area contributed by atoms with Crippen molar-refractivity contribution >= 4 is 12.3 Å². The second-order valence-electron chi connectivity index (χ2n) is 6.22. The Hall–Kier alpha value is -2.62. The molecule has 0 amide bonds. The van der Waals surface area contributed by atoms with E-state index in [0.29, 0.717) is 23.5 Å². The van der Waals surface area contributed by atoms with Crippen molar-refractivity contribution in [2.75, 3.05) is 6.61 Å². The van der Waals surface area contributed by atoms with Gasteiger partial charge in [-0.05, 0) is 55.0 Å². The lowest BCUT2D eigenvalue weighted by Gasteiger charge is -2.08. The minimum atomic E-state index is -0.439. The van der Waals surface area contributed by atoms with Crippen molar-refractivity contribution in [3.63, 3.8) is 0 Å². The van der Waals surface area contributed by atoms with Crippen LogP contribution in [0.3, 0.4) is 0 Å². The molecular weight excluding hydrogens is 328 g/mol. The summed E-state index contributed by atoms with van der Waals surface area (Å²) in [5.74, 6) is 0.723. The first-order valence-corrected chi connectivity index (χ1v) is 9.23. The molecule has 0 aromatic heterocycles. The Kier molecular flexibility index (Phi) is 8.40. The fourth-order valence-corrected chi connectivity index (χ4v) is 2.54. The zero-order valence-electron chi connectivity index (χ0n) is 15.3. The van der Waals surface area contributed by atoms with E-state index in [4.69, 9.17) is 9.47 Å². The van der Waals surface area contributed by atoms with E-state index in [1.807, 2.05) is 0 Å². The number of aldehydes is 1. The van der Waals surface area contributed by atoms with E-state index in [1.54, 1.807) is 48.5 Å². The summed E-state index contributed by atoms with van der Waals surface area (Å²) in [6.45, 7) is 2.91. The van der Waals surface area contributed by atoms with E-state index in [0.717, 1.165) is 18.5 Å². The van der Waals surface area contributed by atoms with Crippen LogP contribution < -0.4 is 9.47 Å². The summed E-state index contributed by atoms with van der Waals surface area (Å²) in [5, 5.41) is 0. The number of benzene rings is 2. The summed E-state index contributed by atoms with van der Waals surface area (Å²) in [5.41, 5.74) is 0.994. The van der Waals surface area contributed by atoms with Gasteiger partial charge in [0.1, 0.15) is 17.8 Å². The highest BCUT2D eigenvalue weighted by Crippen LogP contribution is 2.17. The Morgan fingerprint density at radius 3 is 2.12 bits per heavy atom. The maximum absolute atomic E-state index is 12.1. The van der Waals surface area contributed by atoms with E-state index < -0.39 is 5.97 Å². The van der Waals surface area contributed by atoms with Gasteiger partial charge in [-0.15, -0.1) is 0 Å². The zero-order valence-corrected chi connectivity index (χ0v) is 15.3. The lowest BCUT2D eigenvalue weighted by atomic mass is 10.1. The number of rotatable bonds is 11. The average molecular weight is 354 g/mol. The summed E-state index contributed by atoms with van der Waals surface area (Å²) in [6, 6.07) is 13.4. The van der Waals surface area contributed by atoms with Gasteiger partial charge in [-0.2, -0.15) is 0 Å². The predicted octanol–water partition coefficient (Wildman–Crippen LogP) is 5.46. The van der Waals surface area contributed by atoms with Crippen molar-refractivity contribution in [2.24, 2.45) is 0 Å². The van der Waals surface area contributed by atoms with Crippen LogP contribution in [0.2, 0.25) is 0 Å². The molecule has 4 nitrogen and oxygen atoms in total. The fraction of sp³-hybridized carbons (Fsp3) is 0.364. The Morgan fingerprint density at radius 2 is 1.46 bits per heavy atom. The van der Waals surface area contributed by atoms with Crippen LogP contribution in [0.15, 0.2) is 48.5 Å². The van der Waals surface area contributed by atoms with Crippen molar-refractivity contribution in [1.29, 1.82) is 0 Å². The van der Waals surface area contributed by atoms with Crippen LogP contribution in [0.1, 0.15) is 66.2 Å². The summed E-state index contributed by atoms with van der Waals surface area (Å²) >= 11 is 0. The lowest BCUT2D eigenvalue weighted by molar-refractivity contribution is 0.0734. The first-order chi connectivity index (χ1) is 12.7. The van der Waals surface area contributed by atoms with Crippen LogP contribution >= 0.6 is 0 Å². The van der Waals surface area contributed by atoms with Crippen LogP contribution in [0, 0.1) is 0 Å². The van der Waals surface area contributed by atoms with Crippen LogP contribution in [0.25, 0.3) is 0 Å². The fourth-order valence-electron chi connectivity index (χ4n) is 2.54. The molecule has 0 heterocycles. The molecule has 2 aromatic carbocycles. The van der Waals surface area contributed by atoms with Crippen LogP contribution in [-0.4, -0.2) is 18.9 Å². The number of carbonyl (C=O) groups excluding carboxylic acids is 2. The molecule has 0 fully saturated rings. The summed E-state index contributed by atoms with van der Waals surface area (Å²) in [7, 11) is 0. The standard InChI is InChI=1S/C22H26O4/c1-2-3-4-5-6-7-16-25-20-14-10-19(11-15-20)22(24)26-21-12-8-18(17-23)9-13-21/h8-15,17H,2-7,16H2,1H3. The Labute approximate surface area is 155 Å². The SMILES string of the molecule is CCCCCCCCOc1ccc(C(=O)Oc2ccc(C=O)cc2)cc1. The molecule has 0 saturated carbocycles. The van der Waals surface area contributed by atoms with Gasteiger partial charge in [0.2, 0.25) is 0 Å². The van der Waals surface area contributed by atoms with Gasteiger partial charge >= 0.3 is 5.97 Å². The summed E-state index contributed by atoms with van der Waals surface area (Å²) in [4.78, 5) is 22.8. The monoisotopic (exact) mass is 354 g/mol. The van der Waals surface area contributed by atoms with E-state index >= 15 is 0 Å².